The van der Waals surface area contributed by atoms with Crippen LogP contribution in [-0.4, -0.2) is 37.2 Å². The first-order chi connectivity index (χ1) is 7.06. The predicted molar refractivity (Wildman–Crippen MR) is 55.1 cm³/mol. The van der Waals surface area contributed by atoms with Gasteiger partial charge in [0.05, 0.1) is 18.4 Å². The number of nitrogens with one attached hydrogen (secondary N) is 1. The number of aliphatic hydroxyl groups excluding tert-OH is 1. The molecule has 0 rings (SSSR count). The number of carbonyl (C=O) groups is 2. The van der Waals surface area contributed by atoms with Gasteiger partial charge in [-0.25, -0.2) is 0 Å². The predicted octanol–water partition coefficient (Wildman–Crippen LogP) is -0.0698. The Balaban J connectivity index is 4.01. The molecule has 0 fully saturated rings. The van der Waals surface area contributed by atoms with E-state index in [1.165, 1.54) is 7.05 Å². The van der Waals surface area contributed by atoms with Crippen molar-refractivity contribution >= 4 is 11.9 Å². The second kappa shape index (κ2) is 7.23. The zero-order valence-corrected chi connectivity index (χ0v) is 9.45. The highest BCUT2D eigenvalue weighted by atomic mass is 16.5. The van der Waals surface area contributed by atoms with Crippen molar-refractivity contribution in [1.29, 1.82) is 0 Å². The molecule has 0 aliphatic rings. The fourth-order valence-electron chi connectivity index (χ4n) is 0.907. The van der Waals surface area contributed by atoms with Crippen LogP contribution in [0.5, 0.6) is 0 Å². The maximum absolute atomic E-state index is 11.3. The van der Waals surface area contributed by atoms with Gasteiger partial charge in [-0.05, 0) is 6.42 Å². The summed E-state index contributed by atoms with van der Waals surface area (Å²) in [5, 5.41) is 11.3. The first-order valence-electron chi connectivity index (χ1n) is 5.05. The van der Waals surface area contributed by atoms with Gasteiger partial charge in [-0.2, -0.15) is 0 Å². The van der Waals surface area contributed by atoms with Crippen molar-refractivity contribution in [3.8, 4) is 0 Å². The minimum Gasteiger partial charge on any atom is -0.465 e. The van der Waals surface area contributed by atoms with E-state index in [9.17, 15) is 9.59 Å². The molecule has 5 heteroatoms. The van der Waals surface area contributed by atoms with Crippen molar-refractivity contribution in [1.82, 2.24) is 5.32 Å². The van der Waals surface area contributed by atoms with Crippen LogP contribution in [0.2, 0.25) is 0 Å². The molecule has 0 aromatic heterocycles. The molecular weight excluding hydrogens is 198 g/mol. The van der Waals surface area contributed by atoms with Crippen LogP contribution in [0.15, 0.2) is 0 Å². The van der Waals surface area contributed by atoms with E-state index in [4.69, 9.17) is 9.84 Å². The summed E-state index contributed by atoms with van der Waals surface area (Å²) in [6, 6.07) is 0. The van der Waals surface area contributed by atoms with Crippen LogP contribution in [0, 0.1) is 11.8 Å². The number of aliphatic hydroxyl groups is 1. The van der Waals surface area contributed by atoms with Crippen LogP contribution >= 0.6 is 0 Å². The molecule has 15 heavy (non-hydrogen) atoms. The number of amides is 1. The minimum atomic E-state index is -0.678. The highest BCUT2D eigenvalue weighted by molar-refractivity contribution is 5.79. The molecule has 2 N–H and O–H groups in total. The summed E-state index contributed by atoms with van der Waals surface area (Å²) in [6.07, 6.45) is 0.697. The summed E-state index contributed by atoms with van der Waals surface area (Å²) in [6.45, 7) is 3.25. The molecule has 88 valence electrons. The zero-order chi connectivity index (χ0) is 11.8. The first-order valence-corrected chi connectivity index (χ1v) is 5.05. The van der Waals surface area contributed by atoms with Crippen molar-refractivity contribution in [3.63, 3.8) is 0 Å². The van der Waals surface area contributed by atoms with Crippen molar-refractivity contribution < 1.29 is 19.4 Å². The molecule has 0 radical (unpaired) electrons. The van der Waals surface area contributed by atoms with E-state index in [-0.39, 0.29) is 31.0 Å². The Kier molecular flexibility index (Phi) is 6.70. The average Bonchev–Trinajstić information content (AvgIpc) is 2.27. The molecule has 2 atom stereocenters. The molecule has 0 heterocycles. The summed E-state index contributed by atoms with van der Waals surface area (Å²) in [5.41, 5.74) is 0. The molecule has 1 amide bonds. The van der Waals surface area contributed by atoms with E-state index in [1.807, 2.05) is 6.92 Å². The van der Waals surface area contributed by atoms with Crippen LogP contribution in [0.3, 0.4) is 0 Å². The number of hydrogen-bond donors (Lipinski definition) is 2. The Morgan fingerprint density at radius 3 is 2.47 bits per heavy atom. The fourth-order valence-corrected chi connectivity index (χ4v) is 0.907. The first kappa shape index (κ1) is 13.9. The van der Waals surface area contributed by atoms with E-state index in [2.05, 4.69) is 5.32 Å². The van der Waals surface area contributed by atoms with Gasteiger partial charge in [-0.3, -0.25) is 9.59 Å². The van der Waals surface area contributed by atoms with E-state index in [1.54, 1.807) is 6.92 Å². The van der Waals surface area contributed by atoms with Crippen LogP contribution in [0.4, 0.5) is 0 Å². The topological polar surface area (TPSA) is 75.6 Å². The Labute approximate surface area is 89.8 Å². The quantitative estimate of drug-likeness (QED) is 0.611. The number of ether oxygens (including phenoxy) is 1. The molecule has 5 nitrogen and oxygen atoms in total. The van der Waals surface area contributed by atoms with Gasteiger partial charge in [-0.15, -0.1) is 0 Å². The van der Waals surface area contributed by atoms with Gasteiger partial charge in [0.1, 0.15) is 6.61 Å². The monoisotopic (exact) mass is 217 g/mol. The Morgan fingerprint density at radius 1 is 1.47 bits per heavy atom. The standard InChI is InChI=1S/C10H19NO4/c1-4-7(2)10(14)15-6-8(5-12)9(13)11-3/h7-8,12H,4-6H2,1-3H3,(H,11,13). The third-order valence-corrected chi connectivity index (χ3v) is 2.28. The molecule has 0 aromatic carbocycles. The second-order valence-electron chi connectivity index (χ2n) is 3.43. The SMILES string of the molecule is CCC(C)C(=O)OCC(CO)C(=O)NC. The number of esters is 1. The molecule has 0 aliphatic heterocycles. The third-order valence-electron chi connectivity index (χ3n) is 2.28. The summed E-state index contributed by atoms with van der Waals surface area (Å²) in [7, 11) is 1.47. The smallest absolute Gasteiger partial charge is 0.308 e. The van der Waals surface area contributed by atoms with Crippen LogP contribution in [-0.2, 0) is 14.3 Å². The number of hydrogen-bond acceptors (Lipinski definition) is 4. The molecule has 0 aromatic rings. The zero-order valence-electron chi connectivity index (χ0n) is 9.45. The molecule has 0 spiro atoms. The Hall–Kier alpha value is -1.10. The number of carbonyl (C=O) groups excluding carboxylic acids is 2. The summed E-state index contributed by atoms with van der Waals surface area (Å²) in [5.74, 6) is -1.51. The van der Waals surface area contributed by atoms with E-state index in [0.717, 1.165) is 0 Å². The minimum absolute atomic E-state index is 0.0701. The van der Waals surface area contributed by atoms with Gasteiger partial charge >= 0.3 is 5.97 Å². The molecular formula is C10H19NO4. The van der Waals surface area contributed by atoms with Crippen molar-refractivity contribution in [2.24, 2.45) is 11.8 Å². The van der Waals surface area contributed by atoms with Crippen LogP contribution in [0.1, 0.15) is 20.3 Å². The molecule has 0 saturated carbocycles. The van der Waals surface area contributed by atoms with Gasteiger partial charge in [0.15, 0.2) is 0 Å². The van der Waals surface area contributed by atoms with Crippen LogP contribution in [0.25, 0.3) is 0 Å². The Bertz CT molecular complexity index is 217. The molecule has 2 unspecified atom stereocenters. The van der Waals surface area contributed by atoms with E-state index in [0.29, 0.717) is 6.42 Å². The maximum Gasteiger partial charge on any atom is 0.308 e. The van der Waals surface area contributed by atoms with Gasteiger partial charge in [-0.1, -0.05) is 13.8 Å². The fraction of sp³-hybridized carbons (Fsp3) is 0.800. The van der Waals surface area contributed by atoms with Gasteiger partial charge in [0.25, 0.3) is 0 Å². The van der Waals surface area contributed by atoms with E-state index >= 15 is 0 Å². The molecule has 0 saturated heterocycles. The van der Waals surface area contributed by atoms with Gasteiger partial charge < -0.3 is 15.2 Å². The van der Waals surface area contributed by atoms with Gasteiger partial charge in [0.2, 0.25) is 5.91 Å². The van der Waals surface area contributed by atoms with Crippen molar-refractivity contribution in [2.75, 3.05) is 20.3 Å². The maximum atomic E-state index is 11.3. The second-order valence-corrected chi connectivity index (χ2v) is 3.43. The lowest BCUT2D eigenvalue weighted by molar-refractivity contribution is -0.151. The largest absolute Gasteiger partial charge is 0.465 e. The lowest BCUT2D eigenvalue weighted by Gasteiger charge is -2.14. The van der Waals surface area contributed by atoms with E-state index < -0.39 is 5.92 Å². The van der Waals surface area contributed by atoms with Crippen molar-refractivity contribution in [3.05, 3.63) is 0 Å². The van der Waals surface area contributed by atoms with Crippen LogP contribution < -0.4 is 5.32 Å². The summed E-state index contributed by atoms with van der Waals surface area (Å²) >= 11 is 0. The molecule has 0 aliphatic carbocycles. The highest BCUT2D eigenvalue weighted by Crippen LogP contribution is 2.05. The third kappa shape index (κ3) is 4.78. The molecule has 0 bridgehead atoms. The number of rotatable bonds is 6. The average molecular weight is 217 g/mol. The summed E-state index contributed by atoms with van der Waals surface area (Å²) in [4.78, 5) is 22.4. The lowest BCUT2D eigenvalue weighted by Crippen LogP contribution is -2.34. The normalized spacial score (nSPS) is 14.1. The Morgan fingerprint density at radius 2 is 2.07 bits per heavy atom. The lowest BCUT2D eigenvalue weighted by atomic mass is 10.1. The highest BCUT2D eigenvalue weighted by Gasteiger charge is 2.20. The van der Waals surface area contributed by atoms with Crippen molar-refractivity contribution in [2.45, 2.75) is 20.3 Å². The summed E-state index contributed by atoms with van der Waals surface area (Å²) < 4.78 is 4.91. The van der Waals surface area contributed by atoms with Gasteiger partial charge in [0, 0.05) is 7.05 Å².